The van der Waals surface area contributed by atoms with Crippen LogP contribution in [0.4, 0.5) is 20.6 Å². The van der Waals surface area contributed by atoms with Gasteiger partial charge in [-0.25, -0.2) is 17.6 Å². The van der Waals surface area contributed by atoms with E-state index in [1.807, 2.05) is 0 Å². The molecule has 0 atom stereocenters. The van der Waals surface area contributed by atoms with Crippen molar-refractivity contribution in [2.45, 2.75) is 4.90 Å². The van der Waals surface area contributed by atoms with Crippen LogP contribution in [0.15, 0.2) is 53.4 Å². The first kappa shape index (κ1) is 14.8. The zero-order valence-corrected chi connectivity index (χ0v) is 11.5. The summed E-state index contributed by atoms with van der Waals surface area (Å²) in [4.78, 5) is 10.7. The number of hydrogen-bond acceptors (Lipinski definition) is 3. The van der Waals surface area contributed by atoms with Crippen LogP contribution in [-0.4, -0.2) is 14.4 Å². The van der Waals surface area contributed by atoms with Crippen LogP contribution in [-0.2, 0) is 10.0 Å². The van der Waals surface area contributed by atoms with Crippen LogP contribution in [0.2, 0.25) is 0 Å². The Morgan fingerprint density at radius 3 is 2.29 bits per heavy atom. The fourth-order valence-electron chi connectivity index (χ4n) is 1.63. The maximum atomic E-state index is 12.8. The van der Waals surface area contributed by atoms with E-state index >= 15 is 0 Å². The number of nitrogens with two attached hydrogens (primary N) is 1. The van der Waals surface area contributed by atoms with Crippen molar-refractivity contribution in [2.75, 3.05) is 10.0 Å². The molecular formula is C13H12FN3O3S. The third kappa shape index (κ3) is 3.93. The Labute approximate surface area is 120 Å². The number of hydrogen-bond donors (Lipinski definition) is 3. The quantitative estimate of drug-likeness (QED) is 0.806. The van der Waals surface area contributed by atoms with E-state index in [9.17, 15) is 17.6 Å². The van der Waals surface area contributed by atoms with Crippen LogP contribution < -0.4 is 15.8 Å². The number of benzene rings is 2. The molecule has 0 spiro atoms. The van der Waals surface area contributed by atoms with E-state index in [4.69, 9.17) is 5.73 Å². The second-order valence-electron chi connectivity index (χ2n) is 4.13. The number of sulfonamides is 1. The SMILES string of the molecule is NC(=O)Nc1cccc(NS(=O)(=O)c2ccc(F)cc2)c1. The molecule has 0 radical (unpaired) electrons. The zero-order chi connectivity index (χ0) is 15.5. The molecule has 8 heteroatoms. The Bertz CT molecular complexity index is 760. The Kier molecular flexibility index (Phi) is 4.08. The van der Waals surface area contributed by atoms with Gasteiger partial charge in [-0.15, -0.1) is 0 Å². The minimum absolute atomic E-state index is 0.0721. The van der Waals surface area contributed by atoms with E-state index in [2.05, 4.69) is 10.0 Å². The first-order chi connectivity index (χ1) is 9.87. The van der Waals surface area contributed by atoms with Gasteiger partial charge < -0.3 is 11.1 Å². The minimum Gasteiger partial charge on any atom is -0.351 e. The molecule has 2 aromatic rings. The normalized spacial score (nSPS) is 10.9. The van der Waals surface area contributed by atoms with Gasteiger partial charge >= 0.3 is 6.03 Å². The Morgan fingerprint density at radius 1 is 1.05 bits per heavy atom. The van der Waals surface area contributed by atoms with Gasteiger partial charge in [-0.3, -0.25) is 4.72 Å². The lowest BCUT2D eigenvalue weighted by molar-refractivity contribution is 0.259. The number of primary amides is 1. The predicted octanol–water partition coefficient (Wildman–Crippen LogP) is 2.12. The molecule has 0 bridgehead atoms. The van der Waals surface area contributed by atoms with Gasteiger partial charge in [0.15, 0.2) is 0 Å². The van der Waals surface area contributed by atoms with Gasteiger partial charge in [-0.2, -0.15) is 0 Å². The fourth-order valence-corrected chi connectivity index (χ4v) is 2.68. The highest BCUT2D eigenvalue weighted by molar-refractivity contribution is 7.92. The summed E-state index contributed by atoms with van der Waals surface area (Å²) in [5.41, 5.74) is 5.57. The van der Waals surface area contributed by atoms with Crippen molar-refractivity contribution in [3.8, 4) is 0 Å². The molecule has 0 unspecified atom stereocenters. The summed E-state index contributed by atoms with van der Waals surface area (Å²) in [6, 6.07) is 9.69. The molecule has 0 aliphatic heterocycles. The minimum atomic E-state index is -3.84. The highest BCUT2D eigenvalue weighted by Gasteiger charge is 2.14. The van der Waals surface area contributed by atoms with Gasteiger partial charge in [0.05, 0.1) is 10.6 Å². The Balaban J connectivity index is 2.24. The third-order valence-electron chi connectivity index (χ3n) is 2.51. The van der Waals surface area contributed by atoms with E-state index < -0.39 is 21.9 Å². The first-order valence-corrected chi connectivity index (χ1v) is 7.30. The molecule has 6 nitrogen and oxygen atoms in total. The van der Waals surface area contributed by atoms with Crippen molar-refractivity contribution in [3.63, 3.8) is 0 Å². The largest absolute Gasteiger partial charge is 0.351 e. The summed E-state index contributed by atoms with van der Waals surface area (Å²) in [7, 11) is -3.84. The fraction of sp³-hybridized carbons (Fsp3) is 0. The summed E-state index contributed by atoms with van der Waals surface area (Å²) >= 11 is 0. The molecular weight excluding hydrogens is 297 g/mol. The van der Waals surface area contributed by atoms with E-state index in [-0.39, 0.29) is 10.6 Å². The van der Waals surface area contributed by atoms with Crippen molar-refractivity contribution in [2.24, 2.45) is 5.73 Å². The van der Waals surface area contributed by atoms with Crippen molar-refractivity contribution >= 4 is 27.4 Å². The third-order valence-corrected chi connectivity index (χ3v) is 3.90. The van der Waals surface area contributed by atoms with Crippen LogP contribution in [0.3, 0.4) is 0 Å². The molecule has 0 aliphatic carbocycles. The molecule has 110 valence electrons. The summed E-state index contributed by atoms with van der Waals surface area (Å²) in [5.74, 6) is -0.526. The van der Waals surface area contributed by atoms with Gasteiger partial charge in [0.1, 0.15) is 5.82 Å². The highest BCUT2D eigenvalue weighted by atomic mass is 32.2. The van der Waals surface area contributed by atoms with Gasteiger partial charge in [0.25, 0.3) is 10.0 Å². The summed E-state index contributed by atoms with van der Waals surface area (Å²) < 4.78 is 39.3. The summed E-state index contributed by atoms with van der Waals surface area (Å²) in [6.45, 7) is 0. The maximum Gasteiger partial charge on any atom is 0.316 e. The molecule has 2 amide bonds. The Hall–Kier alpha value is -2.61. The van der Waals surface area contributed by atoms with Crippen LogP contribution in [0.1, 0.15) is 0 Å². The molecule has 21 heavy (non-hydrogen) atoms. The first-order valence-electron chi connectivity index (χ1n) is 5.82. The van der Waals surface area contributed by atoms with E-state index in [1.54, 1.807) is 12.1 Å². The lowest BCUT2D eigenvalue weighted by atomic mass is 10.3. The standard InChI is InChI=1S/C13H12FN3O3S/c14-9-4-6-12(7-5-9)21(19,20)17-11-3-1-2-10(8-11)16-13(15)18/h1-8,17H,(H3,15,16,18). The van der Waals surface area contributed by atoms with Gasteiger partial charge in [0, 0.05) is 5.69 Å². The van der Waals surface area contributed by atoms with Gasteiger partial charge in [-0.05, 0) is 42.5 Å². The molecule has 0 fully saturated rings. The van der Waals surface area contributed by atoms with Crippen molar-refractivity contribution < 1.29 is 17.6 Å². The van der Waals surface area contributed by atoms with Crippen molar-refractivity contribution in [1.29, 1.82) is 0 Å². The van der Waals surface area contributed by atoms with E-state index in [1.165, 1.54) is 12.1 Å². The molecule has 2 aromatic carbocycles. The second-order valence-corrected chi connectivity index (χ2v) is 5.81. The zero-order valence-electron chi connectivity index (χ0n) is 10.7. The lowest BCUT2D eigenvalue weighted by Crippen LogP contribution is -2.19. The summed E-state index contributed by atoms with van der Waals surface area (Å²) in [6.07, 6.45) is 0. The predicted molar refractivity (Wildman–Crippen MR) is 76.9 cm³/mol. The highest BCUT2D eigenvalue weighted by Crippen LogP contribution is 2.19. The molecule has 0 saturated heterocycles. The maximum absolute atomic E-state index is 12.8. The lowest BCUT2D eigenvalue weighted by Gasteiger charge is -2.09. The number of nitrogens with one attached hydrogen (secondary N) is 2. The van der Waals surface area contributed by atoms with Crippen molar-refractivity contribution in [3.05, 3.63) is 54.3 Å². The van der Waals surface area contributed by atoms with E-state index in [0.29, 0.717) is 5.69 Å². The summed E-state index contributed by atoms with van der Waals surface area (Å²) in [5, 5.41) is 2.33. The van der Waals surface area contributed by atoms with Crippen LogP contribution in [0.25, 0.3) is 0 Å². The number of urea groups is 1. The van der Waals surface area contributed by atoms with Gasteiger partial charge in [-0.1, -0.05) is 6.07 Å². The second kappa shape index (κ2) is 5.80. The number of amides is 2. The van der Waals surface area contributed by atoms with Crippen LogP contribution in [0, 0.1) is 5.82 Å². The van der Waals surface area contributed by atoms with Gasteiger partial charge in [0.2, 0.25) is 0 Å². The number of halogens is 1. The number of carbonyl (C=O) groups is 1. The van der Waals surface area contributed by atoms with Crippen molar-refractivity contribution in [1.82, 2.24) is 0 Å². The molecule has 0 aliphatic rings. The van der Waals surface area contributed by atoms with E-state index in [0.717, 1.165) is 24.3 Å². The molecule has 0 heterocycles. The number of carbonyl (C=O) groups excluding carboxylic acids is 1. The number of anilines is 2. The Morgan fingerprint density at radius 2 is 1.67 bits per heavy atom. The smallest absolute Gasteiger partial charge is 0.316 e. The number of rotatable bonds is 4. The van der Waals surface area contributed by atoms with Crippen LogP contribution >= 0.6 is 0 Å². The average Bonchev–Trinajstić information content (AvgIpc) is 2.38. The molecule has 2 rings (SSSR count). The topological polar surface area (TPSA) is 101 Å². The van der Waals surface area contributed by atoms with Crippen LogP contribution in [0.5, 0.6) is 0 Å². The molecule has 0 saturated carbocycles. The molecule has 4 N–H and O–H groups in total. The molecule has 0 aromatic heterocycles. The average molecular weight is 309 g/mol. The monoisotopic (exact) mass is 309 g/mol.